The molecule has 0 N–H and O–H groups in total. The summed E-state index contributed by atoms with van der Waals surface area (Å²) in [5.41, 5.74) is 3.05. The van der Waals surface area contributed by atoms with E-state index in [2.05, 4.69) is 28.0 Å². The highest BCUT2D eigenvalue weighted by atomic mass is 32.2. The Morgan fingerprint density at radius 1 is 1.00 bits per heavy atom. The van der Waals surface area contributed by atoms with E-state index in [-0.39, 0.29) is 29.4 Å². The third-order valence-electron chi connectivity index (χ3n) is 7.62. The molecule has 0 saturated carbocycles. The fourth-order valence-electron chi connectivity index (χ4n) is 5.42. The van der Waals surface area contributed by atoms with Crippen molar-refractivity contribution in [2.75, 3.05) is 31.1 Å². The number of aromatic nitrogens is 1. The minimum atomic E-state index is -0.344. The normalized spacial score (nSPS) is 16.9. The van der Waals surface area contributed by atoms with Gasteiger partial charge in [-0.1, -0.05) is 73.4 Å². The molecule has 216 valence electrons. The van der Waals surface area contributed by atoms with Gasteiger partial charge in [0.05, 0.1) is 11.4 Å². The number of pyridine rings is 1. The fraction of sp³-hybridized carbons (Fsp3) is 0.312. The molecule has 2 aliphatic heterocycles. The number of rotatable bonds is 8. The van der Waals surface area contributed by atoms with Crippen LogP contribution in [0.4, 0.5) is 10.2 Å². The van der Waals surface area contributed by atoms with Gasteiger partial charge in [-0.2, -0.15) is 5.26 Å². The molecule has 0 unspecified atom stereocenters. The number of carbonyl (C=O) groups is 1. The Morgan fingerprint density at radius 3 is 2.31 bits per heavy atom. The number of thioether (sulfide) groups is 1. The molecule has 2 aliphatic rings. The molecular weight excluding hydrogens is 570 g/mol. The van der Waals surface area contributed by atoms with E-state index in [9.17, 15) is 19.2 Å². The van der Waals surface area contributed by atoms with Gasteiger partial charge in [-0.05, 0) is 48.2 Å². The summed E-state index contributed by atoms with van der Waals surface area (Å²) in [6.45, 7) is 8.35. The van der Waals surface area contributed by atoms with Gasteiger partial charge in [-0.15, -0.1) is 0 Å². The largest absolute Gasteiger partial charge is 0.355 e. The standard InChI is InChI=1S/C32H32FN5O2S2/c1-3-13-37-29(36-16-14-35(15-17-36)20-23-7-5-4-6-8-23)26(22(2)27(19-34)30(37)39)18-28-31(40)38(32(41)42-28)21-24-9-11-25(33)12-10-24/h4-12,18H,3,13-17,20-21H2,1-2H3. The quantitative estimate of drug-likeness (QED) is 0.256. The first kappa shape index (κ1) is 29.7. The van der Waals surface area contributed by atoms with Crippen LogP contribution in [-0.2, 0) is 24.4 Å². The van der Waals surface area contributed by atoms with Crippen molar-refractivity contribution in [3.63, 3.8) is 0 Å². The van der Waals surface area contributed by atoms with Crippen LogP contribution < -0.4 is 10.5 Å². The van der Waals surface area contributed by atoms with Crippen LogP contribution in [-0.4, -0.2) is 50.8 Å². The van der Waals surface area contributed by atoms with Gasteiger partial charge in [0, 0.05) is 44.8 Å². The van der Waals surface area contributed by atoms with Gasteiger partial charge in [0.25, 0.3) is 11.5 Å². The number of benzene rings is 2. The van der Waals surface area contributed by atoms with Gasteiger partial charge < -0.3 is 4.90 Å². The van der Waals surface area contributed by atoms with Crippen molar-refractivity contribution in [2.45, 2.75) is 39.9 Å². The van der Waals surface area contributed by atoms with Crippen molar-refractivity contribution < 1.29 is 9.18 Å². The van der Waals surface area contributed by atoms with E-state index in [1.807, 2.05) is 25.1 Å². The smallest absolute Gasteiger partial charge is 0.270 e. The van der Waals surface area contributed by atoms with Crippen LogP contribution >= 0.6 is 24.0 Å². The molecule has 2 fully saturated rings. The zero-order valence-corrected chi connectivity index (χ0v) is 25.3. The molecule has 0 aliphatic carbocycles. The van der Waals surface area contributed by atoms with E-state index in [1.165, 1.54) is 34.4 Å². The summed E-state index contributed by atoms with van der Waals surface area (Å²) in [4.78, 5) is 33.6. The van der Waals surface area contributed by atoms with Gasteiger partial charge in [-0.3, -0.25) is 24.0 Å². The maximum atomic E-state index is 13.6. The molecular formula is C32H32FN5O2S2. The number of thiocarbonyl (C=S) groups is 1. The third-order valence-corrected chi connectivity index (χ3v) is 9.00. The van der Waals surface area contributed by atoms with Crippen molar-refractivity contribution in [2.24, 2.45) is 0 Å². The van der Waals surface area contributed by atoms with Crippen LogP contribution in [0.25, 0.3) is 6.08 Å². The Labute approximate surface area is 254 Å². The Hall–Kier alpha value is -3.78. The molecule has 7 nitrogen and oxygen atoms in total. The lowest BCUT2D eigenvalue weighted by Crippen LogP contribution is -2.48. The van der Waals surface area contributed by atoms with Crippen molar-refractivity contribution in [1.82, 2.24) is 14.4 Å². The number of hydrogen-bond donors (Lipinski definition) is 0. The van der Waals surface area contributed by atoms with E-state index in [0.717, 1.165) is 31.0 Å². The number of anilines is 1. The van der Waals surface area contributed by atoms with Crippen molar-refractivity contribution >= 4 is 46.1 Å². The second-order valence-electron chi connectivity index (χ2n) is 10.4. The average Bonchev–Trinajstić information content (AvgIpc) is 3.25. The molecule has 3 aromatic rings. The topological polar surface area (TPSA) is 72.6 Å². The molecule has 1 aromatic heterocycles. The number of halogens is 1. The number of hydrogen-bond acceptors (Lipinski definition) is 7. The van der Waals surface area contributed by atoms with Crippen LogP contribution in [0.15, 0.2) is 64.3 Å². The molecule has 0 spiro atoms. The summed E-state index contributed by atoms with van der Waals surface area (Å²) in [5.74, 6) is 0.143. The number of amides is 1. The zero-order chi connectivity index (χ0) is 29.8. The van der Waals surface area contributed by atoms with Gasteiger partial charge in [-0.25, -0.2) is 4.39 Å². The van der Waals surface area contributed by atoms with E-state index < -0.39 is 0 Å². The monoisotopic (exact) mass is 601 g/mol. The Kier molecular flexibility index (Phi) is 9.21. The van der Waals surface area contributed by atoms with E-state index in [0.29, 0.717) is 46.4 Å². The second-order valence-corrected chi connectivity index (χ2v) is 12.1. The van der Waals surface area contributed by atoms with Crippen molar-refractivity contribution in [1.29, 1.82) is 5.26 Å². The number of nitriles is 1. The molecule has 2 aromatic carbocycles. The fourth-order valence-corrected chi connectivity index (χ4v) is 6.65. The number of nitrogens with zero attached hydrogens (tertiary/aromatic N) is 5. The number of piperazine rings is 1. The second kappa shape index (κ2) is 13.0. The SMILES string of the molecule is CCCn1c(N2CCN(Cc3ccccc3)CC2)c(C=C2SC(=S)N(Cc3ccc(F)cc3)C2=O)c(C)c(C#N)c1=O. The van der Waals surface area contributed by atoms with Gasteiger partial charge in [0.1, 0.15) is 27.6 Å². The van der Waals surface area contributed by atoms with Gasteiger partial charge in [0.15, 0.2) is 0 Å². The van der Waals surface area contributed by atoms with Gasteiger partial charge >= 0.3 is 0 Å². The van der Waals surface area contributed by atoms with Crippen LogP contribution in [0.2, 0.25) is 0 Å². The third kappa shape index (κ3) is 6.19. The molecule has 2 saturated heterocycles. The van der Waals surface area contributed by atoms with Crippen LogP contribution in [0.5, 0.6) is 0 Å². The average molecular weight is 602 g/mol. The first-order chi connectivity index (χ1) is 20.3. The molecule has 0 radical (unpaired) electrons. The Morgan fingerprint density at radius 2 is 1.67 bits per heavy atom. The summed E-state index contributed by atoms with van der Waals surface area (Å²) >= 11 is 6.76. The molecule has 3 heterocycles. The molecule has 0 bridgehead atoms. The summed E-state index contributed by atoms with van der Waals surface area (Å²) in [7, 11) is 0. The summed E-state index contributed by atoms with van der Waals surface area (Å²) in [5, 5.41) is 9.94. The van der Waals surface area contributed by atoms with E-state index in [1.54, 1.807) is 29.7 Å². The van der Waals surface area contributed by atoms with Crippen molar-refractivity contribution in [3.05, 3.63) is 103 Å². The van der Waals surface area contributed by atoms with Crippen molar-refractivity contribution in [3.8, 4) is 6.07 Å². The lowest BCUT2D eigenvalue weighted by atomic mass is 10.0. The predicted octanol–water partition coefficient (Wildman–Crippen LogP) is 5.30. The molecule has 10 heteroatoms. The summed E-state index contributed by atoms with van der Waals surface area (Å²) in [6.07, 6.45) is 2.51. The highest BCUT2D eigenvalue weighted by molar-refractivity contribution is 8.26. The first-order valence-electron chi connectivity index (χ1n) is 14.0. The molecule has 42 heavy (non-hydrogen) atoms. The summed E-state index contributed by atoms with van der Waals surface area (Å²) in [6, 6.07) is 18.5. The Bertz CT molecular complexity index is 1620. The maximum Gasteiger partial charge on any atom is 0.270 e. The highest BCUT2D eigenvalue weighted by Gasteiger charge is 2.34. The minimum absolute atomic E-state index is 0.0861. The predicted molar refractivity (Wildman–Crippen MR) is 169 cm³/mol. The van der Waals surface area contributed by atoms with Crippen LogP contribution in [0.1, 0.15) is 41.2 Å². The van der Waals surface area contributed by atoms with Crippen LogP contribution in [0.3, 0.4) is 0 Å². The zero-order valence-electron chi connectivity index (χ0n) is 23.7. The molecule has 0 atom stereocenters. The minimum Gasteiger partial charge on any atom is -0.355 e. The van der Waals surface area contributed by atoms with E-state index in [4.69, 9.17) is 12.2 Å². The maximum absolute atomic E-state index is 13.6. The molecule has 5 rings (SSSR count). The van der Waals surface area contributed by atoms with Gasteiger partial charge in [0.2, 0.25) is 0 Å². The lowest BCUT2D eigenvalue weighted by molar-refractivity contribution is -0.122. The Balaban J connectivity index is 1.49. The van der Waals surface area contributed by atoms with E-state index >= 15 is 0 Å². The molecule has 1 amide bonds. The first-order valence-corrected chi connectivity index (χ1v) is 15.2. The summed E-state index contributed by atoms with van der Waals surface area (Å²) < 4.78 is 15.5. The lowest BCUT2D eigenvalue weighted by Gasteiger charge is -2.38. The van der Waals surface area contributed by atoms with Crippen LogP contribution in [0, 0.1) is 24.1 Å². The highest BCUT2D eigenvalue weighted by Crippen LogP contribution is 2.37. The number of carbonyl (C=O) groups excluding carboxylic acids is 1.